The Morgan fingerprint density at radius 1 is 0.830 bits per heavy atom. The highest BCUT2D eigenvalue weighted by atomic mass is 35.5. The molecule has 2 aromatic heterocycles. The normalized spacial score (nSPS) is 11.4. The topological polar surface area (TPSA) is 90.2 Å². The van der Waals surface area contributed by atoms with Crippen LogP contribution in [0.2, 0.25) is 5.02 Å². The number of hydrogen-bond donors (Lipinski definition) is 0. The van der Waals surface area contributed by atoms with Crippen molar-refractivity contribution in [2.75, 3.05) is 4.31 Å². The van der Waals surface area contributed by atoms with Crippen LogP contribution in [0.5, 0.6) is 11.5 Å². The monoisotopic (exact) mass is 675 g/mol. The fourth-order valence-corrected chi connectivity index (χ4v) is 6.53. The third-order valence-electron chi connectivity index (χ3n) is 7.18. The number of pyridine rings is 1. The molecular formula is C34H25ClF3N5O3S. The Bertz CT molecular complexity index is 2160. The number of aromatic nitrogens is 4. The lowest BCUT2D eigenvalue weighted by Crippen LogP contribution is -2.32. The van der Waals surface area contributed by atoms with Crippen molar-refractivity contribution in [3.63, 3.8) is 0 Å². The first-order valence-corrected chi connectivity index (χ1v) is 16.0. The molecule has 2 heterocycles. The summed E-state index contributed by atoms with van der Waals surface area (Å²) in [5.74, 6) is -1.79. The number of hydrogen-bond acceptors (Lipinski definition) is 6. The first-order chi connectivity index (χ1) is 22.6. The van der Waals surface area contributed by atoms with Crippen LogP contribution in [0.1, 0.15) is 17.2 Å². The summed E-state index contributed by atoms with van der Waals surface area (Å²) in [6.07, 6.45) is 1.43. The highest BCUT2D eigenvalue weighted by molar-refractivity contribution is 7.92. The number of ether oxygens (including phenoxy) is 1. The van der Waals surface area contributed by atoms with Crippen LogP contribution >= 0.6 is 11.6 Å². The Labute approximate surface area is 273 Å². The molecule has 0 fully saturated rings. The fourth-order valence-electron chi connectivity index (χ4n) is 4.87. The summed E-state index contributed by atoms with van der Waals surface area (Å²) in [5, 5.41) is 7.80. The van der Waals surface area contributed by atoms with Crippen LogP contribution in [-0.2, 0) is 23.1 Å². The van der Waals surface area contributed by atoms with E-state index in [-0.39, 0.29) is 40.8 Å². The summed E-state index contributed by atoms with van der Waals surface area (Å²) in [5.41, 5.74) is 1.39. The Morgan fingerprint density at radius 2 is 1.57 bits per heavy atom. The van der Waals surface area contributed by atoms with Crippen molar-refractivity contribution in [1.82, 2.24) is 19.7 Å². The summed E-state index contributed by atoms with van der Waals surface area (Å²) < 4.78 is 81.7. The molecule has 13 heteroatoms. The lowest BCUT2D eigenvalue weighted by Gasteiger charge is -2.25. The van der Waals surface area contributed by atoms with Crippen LogP contribution in [0.15, 0.2) is 114 Å². The van der Waals surface area contributed by atoms with Crippen LogP contribution in [-0.4, -0.2) is 28.2 Å². The zero-order chi connectivity index (χ0) is 33.1. The van der Waals surface area contributed by atoms with E-state index in [9.17, 15) is 12.8 Å². The van der Waals surface area contributed by atoms with Gasteiger partial charge in [0.1, 0.15) is 40.2 Å². The number of aryl methyl sites for hydroxylation is 1. The minimum absolute atomic E-state index is 0.0699. The smallest absolute Gasteiger partial charge is 0.267 e. The summed E-state index contributed by atoms with van der Waals surface area (Å²) >= 11 is 5.84. The van der Waals surface area contributed by atoms with E-state index < -0.39 is 32.4 Å². The second kappa shape index (κ2) is 13.3. The van der Waals surface area contributed by atoms with Crippen molar-refractivity contribution < 1.29 is 26.3 Å². The number of benzene rings is 4. The minimum atomic E-state index is -4.77. The molecule has 0 spiro atoms. The van der Waals surface area contributed by atoms with Gasteiger partial charge in [0.15, 0.2) is 5.82 Å². The molecule has 0 amide bonds. The Balaban J connectivity index is 1.39. The number of anilines is 1. The summed E-state index contributed by atoms with van der Waals surface area (Å²) in [7, 11) is -4.77. The van der Waals surface area contributed by atoms with Gasteiger partial charge in [0.05, 0.1) is 29.5 Å². The predicted octanol–water partition coefficient (Wildman–Crippen LogP) is 7.96. The maximum atomic E-state index is 15.7. The van der Waals surface area contributed by atoms with E-state index in [1.165, 1.54) is 24.5 Å². The number of para-hydroxylation sites is 1. The van der Waals surface area contributed by atoms with E-state index in [0.717, 1.165) is 28.2 Å². The average molecular weight is 676 g/mol. The molecule has 4 aromatic carbocycles. The molecule has 6 aromatic rings. The molecule has 0 radical (unpaired) electrons. The average Bonchev–Trinajstić information content (AvgIpc) is 3.49. The van der Waals surface area contributed by atoms with Gasteiger partial charge < -0.3 is 9.30 Å². The van der Waals surface area contributed by atoms with Gasteiger partial charge in [0.25, 0.3) is 10.0 Å². The molecule has 8 nitrogen and oxygen atoms in total. The van der Waals surface area contributed by atoms with E-state index in [0.29, 0.717) is 23.3 Å². The van der Waals surface area contributed by atoms with Gasteiger partial charge >= 0.3 is 0 Å². The summed E-state index contributed by atoms with van der Waals surface area (Å²) in [4.78, 5) is 3.58. The summed E-state index contributed by atoms with van der Waals surface area (Å²) in [6, 6.07) is 25.3. The molecule has 0 N–H and O–H groups in total. The molecule has 0 aliphatic carbocycles. The summed E-state index contributed by atoms with van der Waals surface area (Å²) in [6.45, 7) is 1.70. The molecule has 0 aliphatic heterocycles. The lowest BCUT2D eigenvalue weighted by atomic mass is 10.0. The van der Waals surface area contributed by atoms with Gasteiger partial charge in [0.2, 0.25) is 0 Å². The minimum Gasteiger partial charge on any atom is -0.457 e. The van der Waals surface area contributed by atoms with Crippen LogP contribution < -0.4 is 9.04 Å². The van der Waals surface area contributed by atoms with E-state index in [4.69, 9.17) is 16.3 Å². The number of halogens is 4. The van der Waals surface area contributed by atoms with Crippen molar-refractivity contribution in [3.8, 4) is 22.6 Å². The highest BCUT2D eigenvalue weighted by Crippen LogP contribution is 2.34. The quantitative estimate of drug-likeness (QED) is 0.146. The molecule has 0 saturated carbocycles. The SMILES string of the molecule is Cc1cccc(Cn2cnnc2CN(c2ccc(Oc3ccccc3)cc2)S(=O)(=O)c2cc(F)c(-c3ccc(F)c(Cl)c3)cc2F)n1. The van der Waals surface area contributed by atoms with E-state index in [2.05, 4.69) is 15.2 Å². The zero-order valence-electron chi connectivity index (χ0n) is 24.7. The Kier molecular flexibility index (Phi) is 8.97. The van der Waals surface area contributed by atoms with Gasteiger partial charge in [-0.1, -0.05) is 41.9 Å². The maximum Gasteiger partial charge on any atom is 0.267 e. The molecule has 6 rings (SSSR count). The van der Waals surface area contributed by atoms with Crippen LogP contribution in [0.25, 0.3) is 11.1 Å². The second-order valence-corrected chi connectivity index (χ2v) is 12.7. The molecular weight excluding hydrogens is 651 g/mol. The largest absolute Gasteiger partial charge is 0.457 e. The van der Waals surface area contributed by atoms with Crippen LogP contribution in [0.3, 0.4) is 0 Å². The molecule has 0 bridgehead atoms. The first kappa shape index (κ1) is 31.8. The standard InChI is InChI=1S/C34H25ClF3N5O3S/c1-22-6-5-7-24(40-22)19-42-21-39-41-34(42)20-43(25-11-13-27(14-12-25)46-26-8-3-2-4-9-26)47(44,45)33-18-31(37)28(17-32(33)38)23-10-15-30(36)29(35)16-23/h2-18,21H,19-20H2,1H3. The van der Waals surface area contributed by atoms with Gasteiger partial charge in [-0.15, -0.1) is 10.2 Å². The lowest BCUT2D eigenvalue weighted by molar-refractivity contribution is 0.482. The Morgan fingerprint density at radius 3 is 2.30 bits per heavy atom. The first-order valence-electron chi connectivity index (χ1n) is 14.2. The van der Waals surface area contributed by atoms with E-state index >= 15 is 8.78 Å². The second-order valence-electron chi connectivity index (χ2n) is 10.5. The molecule has 0 aliphatic rings. The number of rotatable bonds is 10. The van der Waals surface area contributed by atoms with Crippen molar-refractivity contribution >= 4 is 27.3 Å². The third-order valence-corrected chi connectivity index (χ3v) is 9.26. The predicted molar refractivity (Wildman–Crippen MR) is 171 cm³/mol. The van der Waals surface area contributed by atoms with Crippen LogP contribution in [0, 0.1) is 24.4 Å². The molecule has 0 saturated heterocycles. The van der Waals surface area contributed by atoms with Crippen LogP contribution in [0.4, 0.5) is 18.9 Å². The van der Waals surface area contributed by atoms with Crippen molar-refractivity contribution in [3.05, 3.63) is 149 Å². The van der Waals surface area contributed by atoms with Gasteiger partial charge in [0, 0.05) is 11.3 Å². The van der Waals surface area contributed by atoms with Gasteiger partial charge in [-0.25, -0.2) is 21.6 Å². The van der Waals surface area contributed by atoms with Crippen molar-refractivity contribution in [2.24, 2.45) is 0 Å². The van der Waals surface area contributed by atoms with Gasteiger partial charge in [-0.05, 0) is 85.3 Å². The molecule has 0 atom stereocenters. The third kappa shape index (κ3) is 6.98. The molecule has 0 unspecified atom stereocenters. The van der Waals surface area contributed by atoms with Crippen molar-refractivity contribution in [2.45, 2.75) is 24.9 Å². The van der Waals surface area contributed by atoms with Crippen molar-refractivity contribution in [1.29, 1.82) is 0 Å². The highest BCUT2D eigenvalue weighted by Gasteiger charge is 2.31. The maximum absolute atomic E-state index is 15.7. The Hall–Kier alpha value is -5.20. The van der Waals surface area contributed by atoms with E-state index in [1.54, 1.807) is 28.8 Å². The fraction of sp³-hybridized carbons (Fsp3) is 0.0882. The number of nitrogens with zero attached hydrogens (tertiary/aromatic N) is 5. The number of sulfonamides is 1. The van der Waals surface area contributed by atoms with E-state index in [1.807, 2.05) is 43.3 Å². The van der Waals surface area contributed by atoms with Gasteiger partial charge in [-0.2, -0.15) is 0 Å². The zero-order valence-corrected chi connectivity index (χ0v) is 26.3. The van der Waals surface area contributed by atoms with Gasteiger partial charge in [-0.3, -0.25) is 9.29 Å². The molecule has 47 heavy (non-hydrogen) atoms. The molecule has 238 valence electrons.